The monoisotopic (exact) mass is 407 g/mol. The molecule has 0 aliphatic rings. The van der Waals surface area contributed by atoms with Gasteiger partial charge in [-0.2, -0.15) is 0 Å². The van der Waals surface area contributed by atoms with Crippen molar-refractivity contribution < 1.29 is 0 Å². The molecular formula is C30H33N. The third-order valence-corrected chi connectivity index (χ3v) is 6.65. The maximum absolute atomic E-state index is 4.43. The molecule has 0 spiro atoms. The van der Waals surface area contributed by atoms with E-state index in [-0.39, 0.29) is 5.41 Å². The number of benzene rings is 3. The van der Waals surface area contributed by atoms with Gasteiger partial charge in [-0.15, -0.1) is 0 Å². The molecule has 0 radical (unpaired) electrons. The molecule has 0 unspecified atom stereocenters. The van der Waals surface area contributed by atoms with Crippen molar-refractivity contribution >= 4 is 27.8 Å². The van der Waals surface area contributed by atoms with Gasteiger partial charge < -0.3 is 4.57 Å². The van der Waals surface area contributed by atoms with Gasteiger partial charge in [0.15, 0.2) is 0 Å². The minimum atomic E-state index is -0.110. The zero-order valence-electron chi connectivity index (χ0n) is 19.3. The Bertz CT molecular complexity index is 1310. The molecular weight excluding hydrogens is 374 g/mol. The number of unbranched alkanes of at least 4 members (excludes halogenated alkanes) is 1. The molecule has 1 aromatic heterocycles. The third-order valence-electron chi connectivity index (χ3n) is 6.65. The van der Waals surface area contributed by atoms with Crippen molar-refractivity contribution in [2.24, 2.45) is 0 Å². The zero-order valence-corrected chi connectivity index (χ0v) is 19.3. The molecule has 0 atom stereocenters. The average Bonchev–Trinajstić information content (AvgIpc) is 3.07. The predicted octanol–water partition coefficient (Wildman–Crippen LogP) is 7.49. The quantitative estimate of drug-likeness (QED) is 0.280. The zero-order chi connectivity index (χ0) is 22.0. The van der Waals surface area contributed by atoms with Crippen LogP contribution in [0.1, 0.15) is 44.7 Å². The molecule has 0 aliphatic heterocycles. The molecule has 0 fully saturated rings. The summed E-state index contributed by atoms with van der Waals surface area (Å²) >= 11 is 0. The standard InChI is InChI=1S/C30H33N/c1-6-7-21-31-27(25-17-11-15-24-16-12-20-28(31)29(24)25)19-10-14-23(3)30(4,5)26-18-9-8-13-22(26)2/h8-20H,3,6-7,21H2,1-2,4-5H3/b14-10+,27-19+. The molecule has 1 nitrogen and oxygen atoms in total. The Morgan fingerprint density at radius 1 is 1.00 bits per heavy atom. The Hall–Kier alpha value is -3.06. The first-order valence-electron chi connectivity index (χ1n) is 11.4. The van der Waals surface area contributed by atoms with Crippen LogP contribution in [0.4, 0.5) is 0 Å². The molecule has 0 bridgehead atoms. The van der Waals surface area contributed by atoms with Crippen LogP contribution in [0.2, 0.25) is 0 Å². The van der Waals surface area contributed by atoms with Crippen LogP contribution in [0.15, 0.2) is 85.0 Å². The molecule has 4 rings (SSSR count). The number of aryl methyl sites for hydroxylation is 2. The number of nitrogens with zero attached hydrogens (tertiary/aromatic N) is 1. The summed E-state index contributed by atoms with van der Waals surface area (Å²) in [5.74, 6) is 0. The minimum absolute atomic E-state index is 0.110. The lowest BCUT2D eigenvalue weighted by Crippen LogP contribution is -2.20. The van der Waals surface area contributed by atoms with Gasteiger partial charge in [0.05, 0.1) is 0 Å². The van der Waals surface area contributed by atoms with E-state index in [1.807, 2.05) is 0 Å². The summed E-state index contributed by atoms with van der Waals surface area (Å²) in [6, 6.07) is 21.9. The topological polar surface area (TPSA) is 4.93 Å². The van der Waals surface area contributed by atoms with Crippen LogP contribution in [0, 0.1) is 6.92 Å². The summed E-state index contributed by atoms with van der Waals surface area (Å²) < 4.78 is 2.49. The number of hydrogen-bond acceptors (Lipinski definition) is 0. The maximum atomic E-state index is 4.43. The van der Waals surface area contributed by atoms with E-state index < -0.39 is 0 Å². The first-order valence-corrected chi connectivity index (χ1v) is 11.4. The summed E-state index contributed by atoms with van der Waals surface area (Å²) in [4.78, 5) is 0. The molecule has 1 heteroatoms. The van der Waals surface area contributed by atoms with Crippen molar-refractivity contribution in [1.29, 1.82) is 0 Å². The fourth-order valence-corrected chi connectivity index (χ4v) is 4.68. The lowest BCUT2D eigenvalue weighted by molar-refractivity contribution is 0.636. The second kappa shape index (κ2) is 8.59. The van der Waals surface area contributed by atoms with Crippen LogP contribution in [0.5, 0.6) is 0 Å². The second-order valence-electron chi connectivity index (χ2n) is 9.06. The van der Waals surface area contributed by atoms with Crippen LogP contribution in [0.3, 0.4) is 0 Å². The van der Waals surface area contributed by atoms with Crippen molar-refractivity contribution in [3.8, 4) is 0 Å². The average molecular weight is 408 g/mol. The highest BCUT2D eigenvalue weighted by atomic mass is 15.0. The fourth-order valence-electron chi connectivity index (χ4n) is 4.68. The van der Waals surface area contributed by atoms with Gasteiger partial charge in [-0.25, -0.2) is 0 Å². The van der Waals surface area contributed by atoms with Gasteiger partial charge in [-0.05, 0) is 47.6 Å². The van der Waals surface area contributed by atoms with E-state index in [4.69, 9.17) is 0 Å². The van der Waals surface area contributed by atoms with Gasteiger partial charge in [0.25, 0.3) is 0 Å². The number of aromatic nitrogens is 1. The molecule has 0 saturated heterocycles. The van der Waals surface area contributed by atoms with E-state index in [2.05, 4.69) is 118 Å². The van der Waals surface area contributed by atoms with Gasteiger partial charge in [0, 0.05) is 33.6 Å². The van der Waals surface area contributed by atoms with E-state index in [1.54, 1.807) is 0 Å². The first kappa shape index (κ1) is 21.2. The van der Waals surface area contributed by atoms with Gasteiger partial charge in [-0.3, -0.25) is 0 Å². The Morgan fingerprint density at radius 3 is 2.48 bits per heavy atom. The van der Waals surface area contributed by atoms with E-state index in [0.29, 0.717) is 0 Å². The Balaban J connectivity index is 1.77. The molecule has 0 aliphatic carbocycles. The van der Waals surface area contributed by atoms with Crippen LogP contribution in [-0.4, -0.2) is 4.57 Å². The molecule has 0 saturated carbocycles. The highest BCUT2D eigenvalue weighted by Gasteiger charge is 2.24. The Kier molecular flexibility index (Phi) is 5.87. The summed E-state index contributed by atoms with van der Waals surface area (Å²) in [6.07, 6.45) is 9.00. The van der Waals surface area contributed by atoms with Crippen molar-refractivity contribution in [3.63, 3.8) is 0 Å². The van der Waals surface area contributed by atoms with Crippen molar-refractivity contribution in [1.82, 2.24) is 4.57 Å². The van der Waals surface area contributed by atoms with Gasteiger partial charge in [0.1, 0.15) is 0 Å². The molecule has 0 amide bonds. The molecule has 4 aromatic rings. The van der Waals surface area contributed by atoms with Gasteiger partial charge in [0.2, 0.25) is 0 Å². The van der Waals surface area contributed by atoms with Crippen molar-refractivity contribution in [3.05, 3.63) is 101 Å². The van der Waals surface area contributed by atoms with E-state index in [0.717, 1.165) is 12.1 Å². The van der Waals surface area contributed by atoms with Crippen LogP contribution >= 0.6 is 0 Å². The van der Waals surface area contributed by atoms with Gasteiger partial charge >= 0.3 is 0 Å². The third kappa shape index (κ3) is 3.85. The van der Waals surface area contributed by atoms with Crippen molar-refractivity contribution in [2.45, 2.75) is 52.5 Å². The lowest BCUT2D eigenvalue weighted by atomic mass is 9.76. The maximum Gasteiger partial charge on any atom is 0.0497 e. The number of hydrogen-bond donors (Lipinski definition) is 0. The second-order valence-corrected chi connectivity index (χ2v) is 9.06. The summed E-state index contributed by atoms with van der Waals surface area (Å²) in [7, 11) is 0. The Morgan fingerprint density at radius 2 is 1.74 bits per heavy atom. The molecule has 31 heavy (non-hydrogen) atoms. The molecule has 0 N–H and O–H groups in total. The molecule has 158 valence electrons. The summed E-state index contributed by atoms with van der Waals surface area (Å²) in [5, 5.41) is 5.31. The first-order chi connectivity index (χ1) is 14.9. The molecule has 3 aromatic carbocycles. The smallest absolute Gasteiger partial charge is 0.0497 e. The van der Waals surface area contributed by atoms with E-state index >= 15 is 0 Å². The highest BCUT2D eigenvalue weighted by Crippen LogP contribution is 2.33. The predicted molar refractivity (Wildman–Crippen MR) is 137 cm³/mol. The van der Waals surface area contributed by atoms with Crippen LogP contribution < -0.4 is 5.35 Å². The lowest BCUT2D eigenvalue weighted by Gasteiger charge is -2.28. The SMILES string of the molecule is C=C(/C=C/C=c1\c2cccc3cccc(c32)n1CCCC)C(C)(C)c1ccccc1C. The normalized spacial score (nSPS) is 13.1. The fraction of sp³-hybridized carbons (Fsp3) is 0.267. The van der Waals surface area contributed by atoms with Crippen molar-refractivity contribution in [2.75, 3.05) is 0 Å². The summed E-state index contributed by atoms with van der Waals surface area (Å²) in [5.41, 5.74) is 4.98. The number of allylic oxidation sites excluding steroid dienone is 3. The van der Waals surface area contributed by atoms with Gasteiger partial charge in [-0.1, -0.05) is 101 Å². The highest BCUT2D eigenvalue weighted by molar-refractivity contribution is 6.10. The Labute approximate surface area is 186 Å². The van der Waals surface area contributed by atoms with E-state index in [1.165, 1.54) is 51.0 Å². The summed E-state index contributed by atoms with van der Waals surface area (Å²) in [6.45, 7) is 14.4. The minimum Gasteiger partial charge on any atom is -0.340 e. The molecule has 1 heterocycles. The van der Waals surface area contributed by atoms with E-state index in [9.17, 15) is 0 Å². The van der Waals surface area contributed by atoms with Crippen LogP contribution in [0.25, 0.3) is 27.8 Å². The number of rotatable bonds is 7. The van der Waals surface area contributed by atoms with Crippen LogP contribution in [-0.2, 0) is 12.0 Å². The largest absolute Gasteiger partial charge is 0.340 e.